The predicted octanol–water partition coefficient (Wildman–Crippen LogP) is 2.73. The van der Waals surface area contributed by atoms with Gasteiger partial charge in [0.1, 0.15) is 0 Å². The maximum Gasteiger partial charge on any atom is 0.294 e. The molecule has 0 fully saturated rings. The second-order valence-corrected chi connectivity index (χ2v) is 6.71. The third-order valence-corrected chi connectivity index (χ3v) is 4.50. The summed E-state index contributed by atoms with van der Waals surface area (Å²) < 4.78 is 31.6. The van der Waals surface area contributed by atoms with Crippen molar-refractivity contribution in [2.24, 2.45) is 5.10 Å². The first-order valence-corrected chi connectivity index (χ1v) is 8.41. The van der Waals surface area contributed by atoms with Crippen molar-refractivity contribution in [3.63, 3.8) is 0 Å². The number of benzene rings is 2. The zero-order chi connectivity index (χ0) is 16.6. The van der Waals surface area contributed by atoms with Crippen LogP contribution in [0.2, 0.25) is 5.02 Å². The number of nitrogens with zero attached hydrogens (tertiary/aromatic N) is 2. The molecule has 2 aromatic rings. The van der Waals surface area contributed by atoms with Gasteiger partial charge in [-0.3, -0.25) is 9.35 Å². The first-order chi connectivity index (χ1) is 10.9. The molecule has 1 amide bonds. The largest absolute Gasteiger partial charge is 0.294 e. The van der Waals surface area contributed by atoms with Gasteiger partial charge in [0.15, 0.2) is 0 Å². The van der Waals surface area contributed by atoms with E-state index in [1.807, 2.05) is 30.3 Å². The number of amides is 1. The highest BCUT2D eigenvalue weighted by Gasteiger charge is 2.28. The van der Waals surface area contributed by atoms with Gasteiger partial charge in [0.05, 0.1) is 27.7 Å². The summed E-state index contributed by atoms with van der Waals surface area (Å²) in [5, 5.41) is 5.44. The fourth-order valence-electron chi connectivity index (χ4n) is 2.22. The van der Waals surface area contributed by atoms with Crippen molar-refractivity contribution in [2.75, 3.05) is 5.01 Å². The molecule has 2 aromatic carbocycles. The number of anilines is 1. The molecule has 1 N–H and O–H groups in total. The second kappa shape index (κ2) is 5.77. The van der Waals surface area contributed by atoms with Crippen LogP contribution in [0.5, 0.6) is 0 Å². The zero-order valence-corrected chi connectivity index (χ0v) is 13.3. The quantitative estimate of drug-likeness (QED) is 0.862. The number of halogens is 1. The first kappa shape index (κ1) is 15.7. The van der Waals surface area contributed by atoms with Crippen LogP contribution in [0.3, 0.4) is 0 Å². The predicted molar refractivity (Wildman–Crippen MR) is 86.3 cm³/mol. The highest BCUT2D eigenvalue weighted by molar-refractivity contribution is 7.85. The molecule has 8 heteroatoms. The first-order valence-electron chi connectivity index (χ1n) is 6.59. The van der Waals surface area contributed by atoms with Gasteiger partial charge in [0.25, 0.3) is 16.0 Å². The monoisotopic (exact) mass is 350 g/mol. The van der Waals surface area contributed by atoms with Crippen LogP contribution < -0.4 is 5.01 Å². The topological polar surface area (TPSA) is 87.0 Å². The van der Waals surface area contributed by atoms with Crippen molar-refractivity contribution in [3.05, 3.63) is 59.1 Å². The Balaban J connectivity index is 2.05. The van der Waals surface area contributed by atoms with Crippen LogP contribution in [0, 0.1) is 0 Å². The molecule has 6 nitrogen and oxygen atoms in total. The van der Waals surface area contributed by atoms with Gasteiger partial charge in [-0.1, -0.05) is 41.9 Å². The number of hydrogen-bond acceptors (Lipinski definition) is 4. The number of carbonyl (C=O) groups is 1. The molecule has 0 spiro atoms. The normalized spacial score (nSPS) is 15.0. The standard InChI is InChI=1S/C15H11ClN2O4S/c16-12-7-6-11(23(20,21)22)8-14(12)18-15(19)9-13(17-18)10-4-2-1-3-5-10/h1-8H,9H2,(H,20,21,22). The maximum atomic E-state index is 12.2. The molecule has 0 saturated heterocycles. The molecular formula is C15H11ClN2O4S. The summed E-state index contributed by atoms with van der Waals surface area (Å²) in [6.07, 6.45) is 0.0798. The van der Waals surface area contributed by atoms with Crippen LogP contribution in [-0.4, -0.2) is 24.6 Å². The zero-order valence-electron chi connectivity index (χ0n) is 11.7. The molecule has 0 bridgehead atoms. The molecule has 0 aromatic heterocycles. The minimum absolute atomic E-state index is 0.0798. The fourth-order valence-corrected chi connectivity index (χ4v) is 2.92. The Hall–Kier alpha value is -2.22. The van der Waals surface area contributed by atoms with E-state index in [4.69, 9.17) is 16.2 Å². The molecule has 118 valence electrons. The van der Waals surface area contributed by atoms with E-state index in [9.17, 15) is 13.2 Å². The van der Waals surface area contributed by atoms with Crippen LogP contribution in [0.25, 0.3) is 0 Å². The van der Waals surface area contributed by atoms with Crippen molar-refractivity contribution in [1.82, 2.24) is 0 Å². The smallest absolute Gasteiger partial charge is 0.282 e. The van der Waals surface area contributed by atoms with E-state index in [1.54, 1.807) is 0 Å². The molecule has 3 rings (SSSR count). The number of hydrogen-bond donors (Lipinski definition) is 1. The lowest BCUT2D eigenvalue weighted by molar-refractivity contribution is -0.116. The minimum atomic E-state index is -4.40. The van der Waals surface area contributed by atoms with E-state index in [2.05, 4.69) is 5.10 Å². The van der Waals surface area contributed by atoms with Gasteiger partial charge in [-0.25, -0.2) is 0 Å². The Kier molecular flexibility index (Phi) is 3.93. The number of rotatable bonds is 3. The molecule has 0 atom stereocenters. The Labute approximate surface area is 137 Å². The van der Waals surface area contributed by atoms with Crippen LogP contribution in [0.1, 0.15) is 12.0 Å². The Morgan fingerprint density at radius 1 is 1.13 bits per heavy atom. The van der Waals surface area contributed by atoms with E-state index in [1.165, 1.54) is 6.07 Å². The van der Waals surface area contributed by atoms with E-state index in [-0.39, 0.29) is 27.9 Å². The third-order valence-electron chi connectivity index (χ3n) is 3.33. The summed E-state index contributed by atoms with van der Waals surface area (Å²) >= 11 is 6.05. The molecule has 1 heterocycles. The van der Waals surface area contributed by atoms with Crippen molar-refractivity contribution in [2.45, 2.75) is 11.3 Å². The number of carbonyl (C=O) groups excluding carboxylic acids is 1. The van der Waals surface area contributed by atoms with E-state index in [0.717, 1.165) is 22.7 Å². The lowest BCUT2D eigenvalue weighted by atomic mass is 10.1. The van der Waals surface area contributed by atoms with Crippen LogP contribution in [-0.2, 0) is 14.9 Å². The van der Waals surface area contributed by atoms with Crippen LogP contribution in [0.15, 0.2) is 58.5 Å². The molecule has 0 radical (unpaired) electrons. The van der Waals surface area contributed by atoms with E-state index in [0.29, 0.717) is 5.71 Å². The van der Waals surface area contributed by atoms with Crippen molar-refractivity contribution >= 4 is 39.0 Å². The van der Waals surface area contributed by atoms with Crippen LogP contribution >= 0.6 is 11.6 Å². The number of hydrazone groups is 1. The molecule has 0 saturated carbocycles. The van der Waals surface area contributed by atoms with Crippen molar-refractivity contribution in [1.29, 1.82) is 0 Å². The minimum Gasteiger partial charge on any atom is -0.282 e. The molecule has 23 heavy (non-hydrogen) atoms. The Bertz CT molecular complexity index is 910. The summed E-state index contributed by atoms with van der Waals surface area (Å²) in [4.78, 5) is 11.9. The van der Waals surface area contributed by atoms with Gasteiger partial charge in [-0.15, -0.1) is 0 Å². The summed E-state index contributed by atoms with van der Waals surface area (Å²) in [7, 11) is -4.40. The molecule has 1 aliphatic rings. The maximum absolute atomic E-state index is 12.2. The Morgan fingerprint density at radius 3 is 2.48 bits per heavy atom. The van der Waals surface area contributed by atoms with Gasteiger partial charge in [0.2, 0.25) is 0 Å². The fraction of sp³-hybridized carbons (Fsp3) is 0.0667. The van der Waals surface area contributed by atoms with Crippen molar-refractivity contribution < 1.29 is 17.8 Å². The average molecular weight is 351 g/mol. The molecular weight excluding hydrogens is 340 g/mol. The lowest BCUT2D eigenvalue weighted by Crippen LogP contribution is -2.20. The highest BCUT2D eigenvalue weighted by atomic mass is 35.5. The molecule has 1 aliphatic heterocycles. The van der Waals surface area contributed by atoms with E-state index >= 15 is 0 Å². The van der Waals surface area contributed by atoms with Gasteiger partial charge in [0, 0.05) is 0 Å². The molecule has 0 aliphatic carbocycles. The van der Waals surface area contributed by atoms with Gasteiger partial charge >= 0.3 is 0 Å². The lowest BCUT2D eigenvalue weighted by Gasteiger charge is -2.14. The van der Waals surface area contributed by atoms with Gasteiger partial charge in [-0.05, 0) is 23.8 Å². The average Bonchev–Trinajstić information content (AvgIpc) is 2.89. The Morgan fingerprint density at radius 2 is 1.83 bits per heavy atom. The highest BCUT2D eigenvalue weighted by Crippen LogP contribution is 2.32. The van der Waals surface area contributed by atoms with Gasteiger partial charge < -0.3 is 0 Å². The summed E-state index contributed by atoms with van der Waals surface area (Å²) in [6.45, 7) is 0. The summed E-state index contributed by atoms with van der Waals surface area (Å²) in [5.74, 6) is -0.335. The van der Waals surface area contributed by atoms with Crippen molar-refractivity contribution in [3.8, 4) is 0 Å². The van der Waals surface area contributed by atoms with E-state index < -0.39 is 10.1 Å². The van der Waals surface area contributed by atoms with Crippen LogP contribution in [0.4, 0.5) is 5.69 Å². The third kappa shape index (κ3) is 3.12. The summed E-state index contributed by atoms with van der Waals surface area (Å²) in [6, 6.07) is 12.7. The SMILES string of the molecule is O=C1CC(c2ccccc2)=NN1c1cc(S(=O)(=O)O)ccc1Cl. The summed E-state index contributed by atoms with van der Waals surface area (Å²) in [5.41, 5.74) is 1.46. The second-order valence-electron chi connectivity index (χ2n) is 4.88. The molecule has 0 unspecified atom stereocenters. The van der Waals surface area contributed by atoms with Gasteiger partial charge in [-0.2, -0.15) is 18.5 Å².